The van der Waals surface area contributed by atoms with Gasteiger partial charge in [-0.15, -0.1) is 0 Å². The SMILES string of the molecule is Cc1ccc(F)c(Oc2c(C)cccc2C(N)=S)c1. The molecule has 0 spiro atoms. The molecule has 0 fully saturated rings. The van der Waals surface area contributed by atoms with E-state index in [1.807, 2.05) is 26.0 Å². The number of aryl methyl sites for hydroxylation is 2. The third-order valence-corrected chi connectivity index (χ3v) is 3.00. The second-order valence-electron chi connectivity index (χ2n) is 4.35. The molecule has 0 saturated heterocycles. The molecule has 0 aliphatic carbocycles. The van der Waals surface area contributed by atoms with Gasteiger partial charge < -0.3 is 10.5 Å². The molecule has 0 saturated carbocycles. The van der Waals surface area contributed by atoms with E-state index >= 15 is 0 Å². The van der Waals surface area contributed by atoms with Gasteiger partial charge in [-0.1, -0.05) is 30.4 Å². The third-order valence-electron chi connectivity index (χ3n) is 2.78. The van der Waals surface area contributed by atoms with Crippen LogP contribution in [-0.2, 0) is 0 Å². The smallest absolute Gasteiger partial charge is 0.165 e. The maximum Gasteiger partial charge on any atom is 0.165 e. The topological polar surface area (TPSA) is 35.2 Å². The first kappa shape index (κ1) is 13.5. The minimum atomic E-state index is -0.414. The van der Waals surface area contributed by atoms with Crippen LogP contribution in [0.2, 0.25) is 0 Å². The van der Waals surface area contributed by atoms with Crippen LogP contribution in [0, 0.1) is 19.7 Å². The molecule has 0 unspecified atom stereocenters. The first-order valence-electron chi connectivity index (χ1n) is 5.82. The van der Waals surface area contributed by atoms with Gasteiger partial charge in [0.15, 0.2) is 11.6 Å². The summed E-state index contributed by atoms with van der Waals surface area (Å²) in [6, 6.07) is 10.2. The number of benzene rings is 2. The minimum Gasteiger partial charge on any atom is -0.453 e. The lowest BCUT2D eigenvalue weighted by atomic mass is 10.1. The van der Waals surface area contributed by atoms with Crippen molar-refractivity contribution in [1.29, 1.82) is 0 Å². The van der Waals surface area contributed by atoms with E-state index in [0.717, 1.165) is 11.1 Å². The molecule has 0 radical (unpaired) electrons. The molecule has 2 aromatic rings. The van der Waals surface area contributed by atoms with Crippen molar-refractivity contribution in [2.45, 2.75) is 13.8 Å². The first-order valence-corrected chi connectivity index (χ1v) is 6.23. The molecule has 0 bridgehead atoms. The van der Waals surface area contributed by atoms with Gasteiger partial charge in [0.25, 0.3) is 0 Å². The second-order valence-corrected chi connectivity index (χ2v) is 4.79. The predicted molar refractivity (Wildman–Crippen MR) is 78.3 cm³/mol. The van der Waals surface area contributed by atoms with Gasteiger partial charge in [-0.2, -0.15) is 0 Å². The lowest BCUT2D eigenvalue weighted by molar-refractivity contribution is 0.438. The van der Waals surface area contributed by atoms with E-state index in [4.69, 9.17) is 22.7 Å². The highest BCUT2D eigenvalue weighted by atomic mass is 32.1. The van der Waals surface area contributed by atoms with Crippen molar-refractivity contribution in [3.8, 4) is 11.5 Å². The van der Waals surface area contributed by atoms with Crippen molar-refractivity contribution in [2.24, 2.45) is 5.73 Å². The van der Waals surface area contributed by atoms with Crippen LogP contribution < -0.4 is 10.5 Å². The lowest BCUT2D eigenvalue weighted by Crippen LogP contribution is -2.11. The van der Waals surface area contributed by atoms with Crippen LogP contribution in [0.1, 0.15) is 16.7 Å². The minimum absolute atomic E-state index is 0.173. The lowest BCUT2D eigenvalue weighted by Gasteiger charge is -2.14. The zero-order valence-corrected chi connectivity index (χ0v) is 11.6. The molecule has 2 aromatic carbocycles. The number of rotatable bonds is 3. The summed E-state index contributed by atoms with van der Waals surface area (Å²) in [5, 5.41) is 0. The molecule has 0 atom stereocenters. The van der Waals surface area contributed by atoms with Crippen LogP contribution >= 0.6 is 12.2 Å². The summed E-state index contributed by atoms with van der Waals surface area (Å²) < 4.78 is 19.4. The van der Waals surface area contributed by atoms with E-state index in [0.29, 0.717) is 11.3 Å². The predicted octanol–water partition coefficient (Wildman–Crippen LogP) is 3.87. The molecule has 0 aromatic heterocycles. The van der Waals surface area contributed by atoms with Crippen LogP contribution in [-0.4, -0.2) is 4.99 Å². The zero-order chi connectivity index (χ0) is 14.0. The van der Waals surface area contributed by atoms with Crippen molar-refractivity contribution in [1.82, 2.24) is 0 Å². The largest absolute Gasteiger partial charge is 0.453 e. The standard InChI is InChI=1S/C15H14FNOS/c1-9-6-7-12(16)13(8-9)18-14-10(2)4-3-5-11(14)15(17)19/h3-8H,1-2H3,(H2,17,19). The molecule has 0 aliphatic heterocycles. The van der Waals surface area contributed by atoms with Crippen molar-refractivity contribution in [3.05, 3.63) is 58.9 Å². The fourth-order valence-corrected chi connectivity index (χ4v) is 1.94. The van der Waals surface area contributed by atoms with E-state index in [-0.39, 0.29) is 10.7 Å². The van der Waals surface area contributed by atoms with Crippen LogP contribution in [0.4, 0.5) is 4.39 Å². The monoisotopic (exact) mass is 275 g/mol. The highest BCUT2D eigenvalue weighted by Gasteiger charge is 2.12. The number of ether oxygens (including phenoxy) is 1. The Bertz CT molecular complexity index is 640. The number of halogens is 1. The third kappa shape index (κ3) is 2.90. The Morgan fingerprint density at radius 3 is 2.63 bits per heavy atom. The number of thiocarbonyl (C=S) groups is 1. The van der Waals surface area contributed by atoms with Crippen LogP contribution in [0.25, 0.3) is 0 Å². The number of hydrogen-bond donors (Lipinski definition) is 1. The summed E-state index contributed by atoms with van der Waals surface area (Å²) in [4.78, 5) is 0.228. The van der Waals surface area contributed by atoms with Crippen molar-refractivity contribution >= 4 is 17.2 Å². The normalized spacial score (nSPS) is 10.3. The van der Waals surface area contributed by atoms with Gasteiger partial charge in [-0.05, 0) is 43.2 Å². The van der Waals surface area contributed by atoms with E-state index in [1.165, 1.54) is 6.07 Å². The molecular weight excluding hydrogens is 261 g/mol. The van der Waals surface area contributed by atoms with Gasteiger partial charge >= 0.3 is 0 Å². The Labute approximate surface area is 117 Å². The van der Waals surface area contributed by atoms with Crippen LogP contribution in [0.15, 0.2) is 36.4 Å². The van der Waals surface area contributed by atoms with Crippen LogP contribution in [0.5, 0.6) is 11.5 Å². The summed E-state index contributed by atoms with van der Waals surface area (Å²) in [6.45, 7) is 3.74. The highest BCUT2D eigenvalue weighted by molar-refractivity contribution is 7.80. The Hall–Kier alpha value is -1.94. The van der Waals surface area contributed by atoms with Crippen molar-refractivity contribution in [2.75, 3.05) is 0 Å². The Morgan fingerprint density at radius 2 is 1.95 bits per heavy atom. The molecule has 0 amide bonds. The van der Waals surface area contributed by atoms with Gasteiger partial charge in [0, 0.05) is 0 Å². The van der Waals surface area contributed by atoms with Gasteiger partial charge in [-0.25, -0.2) is 4.39 Å². The van der Waals surface area contributed by atoms with Gasteiger partial charge in [-0.3, -0.25) is 0 Å². The van der Waals surface area contributed by atoms with Crippen molar-refractivity contribution in [3.63, 3.8) is 0 Å². The van der Waals surface area contributed by atoms with Gasteiger partial charge in [0.05, 0.1) is 5.56 Å². The number of nitrogens with two attached hydrogens (primary N) is 1. The Morgan fingerprint density at radius 1 is 1.21 bits per heavy atom. The summed E-state index contributed by atoms with van der Waals surface area (Å²) in [5.74, 6) is 0.258. The van der Waals surface area contributed by atoms with E-state index in [2.05, 4.69) is 0 Å². The number of para-hydroxylation sites is 1. The Balaban J connectivity index is 2.49. The molecule has 0 heterocycles. The summed E-state index contributed by atoms with van der Waals surface area (Å²) in [7, 11) is 0. The highest BCUT2D eigenvalue weighted by Crippen LogP contribution is 2.31. The average Bonchev–Trinajstić information content (AvgIpc) is 2.35. The van der Waals surface area contributed by atoms with Gasteiger partial charge in [0.1, 0.15) is 10.7 Å². The van der Waals surface area contributed by atoms with E-state index < -0.39 is 5.82 Å². The van der Waals surface area contributed by atoms with Crippen molar-refractivity contribution < 1.29 is 9.13 Å². The second kappa shape index (κ2) is 5.36. The fourth-order valence-electron chi connectivity index (χ4n) is 1.78. The number of hydrogen-bond acceptors (Lipinski definition) is 2. The zero-order valence-electron chi connectivity index (χ0n) is 10.7. The first-order chi connectivity index (χ1) is 8.99. The molecule has 98 valence electrons. The van der Waals surface area contributed by atoms with Crippen LogP contribution in [0.3, 0.4) is 0 Å². The molecule has 2 nitrogen and oxygen atoms in total. The molecule has 2 N–H and O–H groups in total. The maximum atomic E-state index is 13.7. The molecule has 2 rings (SSSR count). The summed E-state index contributed by atoms with van der Waals surface area (Å²) in [5.41, 5.74) is 8.04. The molecule has 19 heavy (non-hydrogen) atoms. The quantitative estimate of drug-likeness (QED) is 0.864. The average molecular weight is 275 g/mol. The maximum absolute atomic E-state index is 13.7. The van der Waals surface area contributed by atoms with Gasteiger partial charge in [0.2, 0.25) is 0 Å². The molecule has 0 aliphatic rings. The Kier molecular flexibility index (Phi) is 3.81. The summed E-state index contributed by atoms with van der Waals surface area (Å²) >= 11 is 4.99. The fraction of sp³-hybridized carbons (Fsp3) is 0.133. The summed E-state index contributed by atoms with van der Waals surface area (Å²) in [6.07, 6.45) is 0. The molecule has 4 heteroatoms. The van der Waals surface area contributed by atoms with E-state index in [9.17, 15) is 4.39 Å². The molecular formula is C15H14FNOS. The van der Waals surface area contributed by atoms with E-state index in [1.54, 1.807) is 18.2 Å².